The van der Waals surface area contributed by atoms with Gasteiger partial charge in [0.1, 0.15) is 11.6 Å². The summed E-state index contributed by atoms with van der Waals surface area (Å²) >= 11 is 0. The summed E-state index contributed by atoms with van der Waals surface area (Å²) in [5.74, 6) is -2.86. The maximum atomic E-state index is 13.6. The van der Waals surface area contributed by atoms with Crippen LogP contribution < -0.4 is 10.6 Å². The maximum absolute atomic E-state index is 13.6. The third-order valence-corrected chi connectivity index (χ3v) is 6.98. The third-order valence-electron chi connectivity index (χ3n) is 4.91. The third kappa shape index (κ3) is 6.33. The van der Waals surface area contributed by atoms with E-state index < -0.39 is 33.6 Å². The van der Waals surface area contributed by atoms with E-state index in [1.807, 2.05) is 0 Å². The highest BCUT2D eigenvalue weighted by Gasteiger charge is 2.21. The molecule has 1 atom stereocenters. The van der Waals surface area contributed by atoms with Crippen molar-refractivity contribution in [1.29, 1.82) is 0 Å². The Hall–Kier alpha value is -2.85. The first-order valence-electron chi connectivity index (χ1n) is 10.2. The van der Waals surface area contributed by atoms with Crippen LogP contribution in [0.1, 0.15) is 49.2 Å². The Bertz CT molecular complexity index is 1060. The first-order chi connectivity index (χ1) is 15.1. The van der Waals surface area contributed by atoms with Crippen molar-refractivity contribution in [2.45, 2.75) is 38.1 Å². The minimum Gasteiger partial charge on any atom is -0.351 e. The molecule has 0 aromatic heterocycles. The number of hydrogen-bond acceptors (Lipinski definition) is 4. The van der Waals surface area contributed by atoms with E-state index in [1.54, 1.807) is 32.9 Å². The van der Waals surface area contributed by atoms with Gasteiger partial charge in [0, 0.05) is 32.1 Å². The Balaban J connectivity index is 1.89. The predicted molar refractivity (Wildman–Crippen MR) is 116 cm³/mol. The van der Waals surface area contributed by atoms with Crippen LogP contribution in [-0.2, 0) is 14.8 Å². The number of hydrogen-bond donors (Lipinski definition) is 2. The molecule has 0 aliphatic carbocycles. The van der Waals surface area contributed by atoms with E-state index in [2.05, 4.69) is 10.6 Å². The zero-order valence-corrected chi connectivity index (χ0v) is 19.0. The van der Waals surface area contributed by atoms with Crippen LogP contribution in [0.2, 0.25) is 0 Å². The van der Waals surface area contributed by atoms with Gasteiger partial charge in [-0.1, -0.05) is 26.0 Å². The van der Waals surface area contributed by atoms with Gasteiger partial charge in [0.15, 0.2) is 0 Å². The van der Waals surface area contributed by atoms with E-state index in [1.165, 1.54) is 16.4 Å². The Labute approximate surface area is 186 Å². The fourth-order valence-electron chi connectivity index (χ4n) is 3.10. The highest BCUT2D eigenvalue weighted by molar-refractivity contribution is 7.89. The lowest BCUT2D eigenvalue weighted by atomic mass is 10.1. The molecule has 10 heteroatoms. The lowest BCUT2D eigenvalue weighted by Gasteiger charge is -2.19. The first kappa shape index (κ1) is 25.4. The number of sulfonamides is 1. The van der Waals surface area contributed by atoms with Gasteiger partial charge in [-0.3, -0.25) is 9.59 Å². The van der Waals surface area contributed by atoms with Crippen molar-refractivity contribution in [3.05, 3.63) is 65.2 Å². The number of benzene rings is 2. The van der Waals surface area contributed by atoms with Crippen molar-refractivity contribution in [2.75, 3.05) is 19.6 Å². The van der Waals surface area contributed by atoms with Crippen molar-refractivity contribution in [3.63, 3.8) is 0 Å². The topological polar surface area (TPSA) is 95.6 Å². The molecule has 0 aliphatic rings. The lowest BCUT2D eigenvalue weighted by Crippen LogP contribution is -2.32. The van der Waals surface area contributed by atoms with Gasteiger partial charge in [-0.05, 0) is 36.8 Å². The summed E-state index contributed by atoms with van der Waals surface area (Å²) in [5.41, 5.74) is 0.411. The van der Waals surface area contributed by atoms with Gasteiger partial charge in [-0.15, -0.1) is 0 Å². The average molecular weight is 468 g/mol. The Morgan fingerprint density at radius 1 is 1.03 bits per heavy atom. The van der Waals surface area contributed by atoms with Crippen LogP contribution in [0, 0.1) is 11.6 Å². The standard InChI is InChI=1S/C22H27F2N3O4S/c1-4-27(5-2)32(30,31)18-9-6-16(7-10-18)15(3)26-21(28)12-13-25-22(29)19-11-8-17(23)14-20(19)24/h6-11,14-15H,4-5,12-13H2,1-3H3,(H,25,29)(H,26,28). The van der Waals surface area contributed by atoms with Gasteiger partial charge in [0.05, 0.1) is 16.5 Å². The first-order valence-corrected chi connectivity index (χ1v) is 11.7. The largest absolute Gasteiger partial charge is 0.351 e. The van der Waals surface area contributed by atoms with Crippen molar-refractivity contribution in [2.24, 2.45) is 0 Å². The smallest absolute Gasteiger partial charge is 0.254 e. The highest BCUT2D eigenvalue weighted by Crippen LogP contribution is 2.19. The molecule has 2 rings (SSSR count). The zero-order valence-electron chi connectivity index (χ0n) is 18.2. The SMILES string of the molecule is CCN(CC)S(=O)(=O)c1ccc(C(C)NC(=O)CCNC(=O)c2ccc(F)cc2F)cc1. The molecular weight excluding hydrogens is 440 g/mol. The van der Waals surface area contributed by atoms with Crippen molar-refractivity contribution < 1.29 is 26.8 Å². The summed E-state index contributed by atoms with van der Waals surface area (Å²) in [4.78, 5) is 24.3. The molecule has 2 amide bonds. The molecule has 0 radical (unpaired) electrons. The molecule has 0 fully saturated rings. The molecule has 2 aromatic carbocycles. The summed E-state index contributed by atoms with van der Waals surface area (Å²) < 4.78 is 53.0. The number of carbonyl (C=O) groups excluding carboxylic acids is 2. The minimum atomic E-state index is -3.56. The number of nitrogens with zero attached hydrogens (tertiary/aromatic N) is 1. The molecule has 174 valence electrons. The fraction of sp³-hybridized carbons (Fsp3) is 0.364. The van der Waals surface area contributed by atoms with Crippen LogP contribution in [0.15, 0.2) is 47.4 Å². The number of rotatable bonds is 10. The van der Waals surface area contributed by atoms with E-state index in [9.17, 15) is 26.8 Å². The number of amides is 2. The van der Waals surface area contributed by atoms with Crippen LogP contribution in [0.5, 0.6) is 0 Å². The molecule has 0 saturated heterocycles. The molecule has 0 aliphatic heterocycles. The lowest BCUT2D eigenvalue weighted by molar-refractivity contribution is -0.121. The number of nitrogens with one attached hydrogen (secondary N) is 2. The van der Waals surface area contributed by atoms with Gasteiger partial charge in [0.25, 0.3) is 5.91 Å². The summed E-state index contributed by atoms with van der Waals surface area (Å²) in [7, 11) is -3.56. The molecule has 32 heavy (non-hydrogen) atoms. The molecule has 0 heterocycles. The molecule has 2 aromatic rings. The van der Waals surface area contributed by atoms with Crippen LogP contribution in [-0.4, -0.2) is 44.2 Å². The van der Waals surface area contributed by atoms with Gasteiger partial charge in [0.2, 0.25) is 15.9 Å². The van der Waals surface area contributed by atoms with Crippen LogP contribution in [0.3, 0.4) is 0 Å². The van der Waals surface area contributed by atoms with Gasteiger partial charge >= 0.3 is 0 Å². The maximum Gasteiger partial charge on any atom is 0.254 e. The van der Waals surface area contributed by atoms with E-state index in [-0.39, 0.29) is 29.3 Å². The van der Waals surface area contributed by atoms with Crippen LogP contribution in [0.25, 0.3) is 0 Å². The molecule has 0 saturated carbocycles. The second-order valence-corrected chi connectivity index (χ2v) is 9.02. The molecule has 0 spiro atoms. The Kier molecular flexibility index (Phi) is 8.85. The van der Waals surface area contributed by atoms with Gasteiger partial charge < -0.3 is 10.6 Å². The summed E-state index contributed by atoms with van der Waals surface area (Å²) in [6.07, 6.45) is -0.0483. The monoisotopic (exact) mass is 467 g/mol. The van der Waals surface area contributed by atoms with E-state index in [0.717, 1.165) is 12.1 Å². The molecular formula is C22H27F2N3O4S. The molecule has 7 nitrogen and oxygen atoms in total. The summed E-state index contributed by atoms with van der Waals surface area (Å²) in [6.45, 7) is 6.00. The molecule has 1 unspecified atom stereocenters. The second-order valence-electron chi connectivity index (χ2n) is 7.08. The van der Waals surface area contributed by atoms with Gasteiger partial charge in [-0.2, -0.15) is 4.31 Å². The zero-order chi connectivity index (χ0) is 23.9. The normalized spacial score (nSPS) is 12.4. The average Bonchev–Trinajstić information content (AvgIpc) is 2.74. The van der Waals surface area contributed by atoms with E-state index in [0.29, 0.717) is 24.7 Å². The van der Waals surface area contributed by atoms with Crippen LogP contribution in [0.4, 0.5) is 8.78 Å². The Morgan fingerprint density at radius 3 is 2.22 bits per heavy atom. The quantitative estimate of drug-likeness (QED) is 0.562. The molecule has 2 N–H and O–H groups in total. The van der Waals surface area contributed by atoms with Gasteiger partial charge in [-0.25, -0.2) is 17.2 Å². The minimum absolute atomic E-state index is 0.0325. The second kappa shape index (κ2) is 11.1. The molecule has 0 bridgehead atoms. The predicted octanol–water partition coefficient (Wildman–Crippen LogP) is 2.99. The van der Waals surface area contributed by atoms with E-state index >= 15 is 0 Å². The van der Waals surface area contributed by atoms with Crippen molar-refractivity contribution >= 4 is 21.8 Å². The van der Waals surface area contributed by atoms with Crippen molar-refractivity contribution in [1.82, 2.24) is 14.9 Å². The van der Waals surface area contributed by atoms with Crippen LogP contribution >= 0.6 is 0 Å². The Morgan fingerprint density at radius 2 is 1.66 bits per heavy atom. The van der Waals surface area contributed by atoms with E-state index in [4.69, 9.17) is 0 Å². The highest BCUT2D eigenvalue weighted by atomic mass is 32.2. The summed E-state index contributed by atoms with van der Waals surface area (Å²) in [5, 5.41) is 5.17. The number of carbonyl (C=O) groups is 2. The fourth-order valence-corrected chi connectivity index (χ4v) is 4.55. The summed E-state index contributed by atoms with van der Waals surface area (Å²) in [6, 6.07) is 8.52. The number of halogens is 2. The van der Waals surface area contributed by atoms with Crippen molar-refractivity contribution in [3.8, 4) is 0 Å².